The lowest BCUT2D eigenvalue weighted by Crippen LogP contribution is -2.44. The Morgan fingerprint density at radius 2 is 1.36 bits per heavy atom. The molecule has 0 N–H and O–H groups in total. The summed E-state index contributed by atoms with van der Waals surface area (Å²) < 4.78 is 5.82. The maximum Gasteiger partial charge on any atom is 0.311 e. The summed E-state index contributed by atoms with van der Waals surface area (Å²) in [6.07, 6.45) is 20.4. The molecule has 1 saturated heterocycles. The number of aryl methyl sites for hydroxylation is 1. The van der Waals surface area contributed by atoms with Crippen molar-refractivity contribution in [2.24, 2.45) is 0 Å². The average molecular weight is 504 g/mol. The molecule has 0 aromatic heterocycles. The average Bonchev–Trinajstić information content (AvgIpc) is 2.88. The van der Waals surface area contributed by atoms with E-state index in [4.69, 9.17) is 4.74 Å². The fourth-order valence-electron chi connectivity index (χ4n) is 5.04. The van der Waals surface area contributed by atoms with Crippen LogP contribution in [0.1, 0.15) is 109 Å². The molecule has 6 nitrogen and oxygen atoms in total. The van der Waals surface area contributed by atoms with Crippen molar-refractivity contribution in [3.63, 3.8) is 0 Å². The molecule has 6 heteroatoms. The monoisotopic (exact) mass is 503 g/mol. The molecule has 1 aliphatic rings. The number of rotatable bonds is 21. The normalized spacial score (nSPS) is 14.8. The number of nitro groups is 1. The highest BCUT2D eigenvalue weighted by Gasteiger charge is 2.17. The lowest BCUT2D eigenvalue weighted by atomic mass is 10.0. The molecule has 1 aromatic carbocycles. The number of unbranched alkanes of at least 4 members (excludes halogenated alkanes) is 13. The van der Waals surface area contributed by atoms with Gasteiger partial charge in [0.15, 0.2) is 5.75 Å². The molecule has 0 bridgehead atoms. The standard InChI is InChI=1S/C30H53N3O3/c1-3-4-5-6-7-8-9-10-11-12-13-14-15-16-26-36-30-20-19-28(27-29(30)33(34)35)18-17-21-32-24-22-31(2)23-25-32/h19-20,27H,3-18,21-26H2,1-2H3. The van der Waals surface area contributed by atoms with E-state index in [-0.39, 0.29) is 10.6 Å². The van der Waals surface area contributed by atoms with E-state index in [1.165, 1.54) is 77.0 Å². The SMILES string of the molecule is CCCCCCCCCCCCCCCCOc1ccc(CCCN2CCN(C)CC2)cc1[N+](=O)[O-]. The molecule has 0 amide bonds. The molecule has 0 atom stereocenters. The van der Waals surface area contributed by atoms with Gasteiger partial charge in [0, 0.05) is 32.2 Å². The smallest absolute Gasteiger partial charge is 0.311 e. The van der Waals surface area contributed by atoms with Gasteiger partial charge in [-0.2, -0.15) is 0 Å². The first kappa shape index (κ1) is 30.6. The first-order valence-electron chi connectivity index (χ1n) is 14.9. The summed E-state index contributed by atoms with van der Waals surface area (Å²) >= 11 is 0. The van der Waals surface area contributed by atoms with Gasteiger partial charge in [0.05, 0.1) is 11.5 Å². The second kappa shape index (κ2) is 19.5. The number of piperazine rings is 1. The Balaban J connectivity index is 1.52. The van der Waals surface area contributed by atoms with E-state index in [9.17, 15) is 10.1 Å². The van der Waals surface area contributed by atoms with Crippen molar-refractivity contribution >= 4 is 5.69 Å². The van der Waals surface area contributed by atoms with Crippen LogP contribution in [0.4, 0.5) is 5.69 Å². The number of benzene rings is 1. The van der Waals surface area contributed by atoms with Gasteiger partial charge >= 0.3 is 5.69 Å². The van der Waals surface area contributed by atoms with Gasteiger partial charge in [-0.15, -0.1) is 0 Å². The Kier molecular flexibility index (Phi) is 16.5. The first-order chi connectivity index (χ1) is 17.6. The number of hydrogen-bond donors (Lipinski definition) is 0. The summed E-state index contributed by atoms with van der Waals surface area (Å²) in [7, 11) is 2.17. The van der Waals surface area contributed by atoms with Crippen molar-refractivity contribution in [2.45, 2.75) is 110 Å². The minimum atomic E-state index is -0.301. The summed E-state index contributed by atoms with van der Waals surface area (Å²) in [5.41, 5.74) is 1.14. The molecular weight excluding hydrogens is 450 g/mol. The molecule has 36 heavy (non-hydrogen) atoms. The van der Waals surface area contributed by atoms with Crippen molar-refractivity contribution in [3.05, 3.63) is 33.9 Å². The number of nitrogens with zero attached hydrogens (tertiary/aromatic N) is 3. The van der Waals surface area contributed by atoms with E-state index in [1.807, 2.05) is 6.07 Å². The van der Waals surface area contributed by atoms with Gasteiger partial charge in [-0.1, -0.05) is 96.5 Å². The largest absolute Gasteiger partial charge is 0.487 e. The van der Waals surface area contributed by atoms with E-state index < -0.39 is 0 Å². The maximum atomic E-state index is 11.6. The summed E-state index contributed by atoms with van der Waals surface area (Å²) in [4.78, 5) is 16.1. The van der Waals surface area contributed by atoms with Crippen molar-refractivity contribution in [3.8, 4) is 5.75 Å². The summed E-state index contributed by atoms with van der Waals surface area (Å²) in [5.74, 6) is 0.414. The van der Waals surface area contributed by atoms with Crippen LogP contribution in [0.15, 0.2) is 18.2 Å². The van der Waals surface area contributed by atoms with Crippen molar-refractivity contribution < 1.29 is 9.66 Å². The van der Waals surface area contributed by atoms with Crippen LogP contribution in [0.25, 0.3) is 0 Å². The molecule has 1 heterocycles. The van der Waals surface area contributed by atoms with Gasteiger partial charge < -0.3 is 14.5 Å². The summed E-state index contributed by atoms with van der Waals surface area (Å²) in [5, 5.41) is 11.6. The topological polar surface area (TPSA) is 58.8 Å². The highest BCUT2D eigenvalue weighted by Crippen LogP contribution is 2.29. The van der Waals surface area contributed by atoms with Crippen LogP contribution >= 0.6 is 0 Å². The molecule has 0 radical (unpaired) electrons. The van der Waals surface area contributed by atoms with Gasteiger partial charge in [0.1, 0.15) is 0 Å². The minimum absolute atomic E-state index is 0.109. The number of ether oxygens (including phenoxy) is 1. The molecule has 0 spiro atoms. The van der Waals surface area contributed by atoms with Crippen LogP contribution in [-0.2, 0) is 6.42 Å². The zero-order valence-electron chi connectivity index (χ0n) is 23.4. The van der Waals surface area contributed by atoms with E-state index >= 15 is 0 Å². The van der Waals surface area contributed by atoms with Crippen LogP contribution in [-0.4, -0.2) is 61.1 Å². The summed E-state index contributed by atoms with van der Waals surface area (Å²) in [6, 6.07) is 5.51. The summed E-state index contributed by atoms with van der Waals surface area (Å²) in [6.45, 7) is 8.36. The fourth-order valence-corrected chi connectivity index (χ4v) is 5.04. The van der Waals surface area contributed by atoms with Crippen molar-refractivity contribution in [1.29, 1.82) is 0 Å². The molecular formula is C30H53N3O3. The molecule has 1 aliphatic heterocycles. The minimum Gasteiger partial charge on any atom is -0.487 e. The number of hydrogen-bond acceptors (Lipinski definition) is 5. The van der Waals surface area contributed by atoms with Crippen molar-refractivity contribution in [1.82, 2.24) is 9.80 Å². The Morgan fingerprint density at radius 3 is 1.92 bits per heavy atom. The van der Waals surface area contributed by atoms with Crippen LogP contribution in [0.5, 0.6) is 5.75 Å². The van der Waals surface area contributed by atoms with Gasteiger partial charge in [-0.25, -0.2) is 0 Å². The molecule has 1 aromatic rings. The fraction of sp³-hybridized carbons (Fsp3) is 0.800. The van der Waals surface area contributed by atoms with E-state index in [0.717, 1.165) is 64.0 Å². The third kappa shape index (κ3) is 13.6. The van der Waals surface area contributed by atoms with Crippen LogP contribution in [0.3, 0.4) is 0 Å². The van der Waals surface area contributed by atoms with E-state index in [1.54, 1.807) is 12.1 Å². The number of nitro benzene ring substituents is 1. The Bertz CT molecular complexity index is 705. The highest BCUT2D eigenvalue weighted by atomic mass is 16.6. The van der Waals surface area contributed by atoms with E-state index in [2.05, 4.69) is 23.8 Å². The van der Waals surface area contributed by atoms with Crippen LogP contribution in [0.2, 0.25) is 0 Å². The predicted octanol–water partition coefficient (Wildman–Crippen LogP) is 7.63. The Hall–Kier alpha value is -1.66. The third-order valence-electron chi connectivity index (χ3n) is 7.51. The lowest BCUT2D eigenvalue weighted by Gasteiger charge is -2.32. The molecule has 0 aliphatic carbocycles. The number of likely N-dealkylation sites (N-methyl/N-ethyl adjacent to an activating group) is 1. The predicted molar refractivity (Wildman–Crippen MR) is 151 cm³/mol. The lowest BCUT2D eigenvalue weighted by molar-refractivity contribution is -0.385. The van der Waals surface area contributed by atoms with Crippen LogP contribution < -0.4 is 4.74 Å². The van der Waals surface area contributed by atoms with Crippen LogP contribution in [0, 0.1) is 10.1 Å². The third-order valence-corrected chi connectivity index (χ3v) is 7.51. The zero-order chi connectivity index (χ0) is 25.8. The second-order valence-corrected chi connectivity index (χ2v) is 10.8. The van der Waals surface area contributed by atoms with Crippen molar-refractivity contribution in [2.75, 3.05) is 46.4 Å². The molecule has 206 valence electrons. The van der Waals surface area contributed by atoms with Gasteiger partial charge in [-0.3, -0.25) is 10.1 Å². The molecule has 0 unspecified atom stereocenters. The van der Waals surface area contributed by atoms with Gasteiger partial charge in [0.2, 0.25) is 0 Å². The van der Waals surface area contributed by atoms with Gasteiger partial charge in [-0.05, 0) is 44.5 Å². The highest BCUT2D eigenvalue weighted by molar-refractivity contribution is 5.48. The van der Waals surface area contributed by atoms with E-state index in [0.29, 0.717) is 12.4 Å². The first-order valence-corrected chi connectivity index (χ1v) is 14.9. The van der Waals surface area contributed by atoms with Gasteiger partial charge in [0.25, 0.3) is 0 Å². The molecule has 2 rings (SSSR count). The molecule has 1 fully saturated rings. The Labute approximate surface area is 220 Å². The zero-order valence-corrected chi connectivity index (χ0v) is 23.4. The Morgan fingerprint density at radius 1 is 0.806 bits per heavy atom. The second-order valence-electron chi connectivity index (χ2n) is 10.8. The molecule has 0 saturated carbocycles. The quantitative estimate of drug-likeness (QED) is 0.0980. The maximum absolute atomic E-state index is 11.6.